The molecule has 2 aromatic rings. The number of hydrogen-bond donors (Lipinski definition) is 0. The Labute approximate surface area is 101 Å². The van der Waals surface area contributed by atoms with Crippen LogP contribution in [0.25, 0.3) is 6.08 Å². The lowest BCUT2D eigenvalue weighted by Gasteiger charge is -1.94. The SMILES string of the molecule is O.O=C(C=Cc1ccccc1)c1ccccc1. The second-order valence-electron chi connectivity index (χ2n) is 3.47. The minimum atomic E-state index is 0. The van der Waals surface area contributed by atoms with E-state index in [1.807, 2.05) is 66.7 Å². The quantitative estimate of drug-likeness (QED) is 0.586. The first-order valence-electron chi connectivity index (χ1n) is 5.19. The first-order chi connectivity index (χ1) is 7.86. The molecule has 0 aromatic heterocycles. The highest BCUT2D eigenvalue weighted by Crippen LogP contribution is 2.05. The van der Waals surface area contributed by atoms with Crippen LogP contribution < -0.4 is 0 Å². The fourth-order valence-corrected chi connectivity index (χ4v) is 1.43. The van der Waals surface area contributed by atoms with E-state index in [0.717, 1.165) is 11.1 Å². The standard InChI is InChI=1S/C15H12O.H2O/c16-15(14-9-5-2-6-10-14)12-11-13-7-3-1-4-8-13;/h1-12H;1H2. The summed E-state index contributed by atoms with van der Waals surface area (Å²) < 4.78 is 0. The molecule has 2 heteroatoms. The van der Waals surface area contributed by atoms with Gasteiger partial charge < -0.3 is 5.48 Å². The first-order valence-corrected chi connectivity index (χ1v) is 5.19. The van der Waals surface area contributed by atoms with Crippen LogP contribution in [-0.2, 0) is 0 Å². The van der Waals surface area contributed by atoms with Crippen LogP contribution in [0.15, 0.2) is 66.7 Å². The van der Waals surface area contributed by atoms with Crippen molar-refractivity contribution in [2.75, 3.05) is 0 Å². The molecule has 0 saturated heterocycles. The molecule has 2 nitrogen and oxygen atoms in total. The summed E-state index contributed by atoms with van der Waals surface area (Å²) in [6.07, 6.45) is 3.43. The van der Waals surface area contributed by atoms with Gasteiger partial charge in [-0.1, -0.05) is 66.7 Å². The summed E-state index contributed by atoms with van der Waals surface area (Å²) >= 11 is 0. The van der Waals surface area contributed by atoms with Gasteiger partial charge in [-0.25, -0.2) is 0 Å². The van der Waals surface area contributed by atoms with Crippen molar-refractivity contribution in [3.8, 4) is 0 Å². The van der Waals surface area contributed by atoms with Gasteiger partial charge in [0, 0.05) is 5.56 Å². The maximum atomic E-state index is 11.7. The number of carbonyl (C=O) groups is 1. The third kappa shape index (κ3) is 3.70. The van der Waals surface area contributed by atoms with E-state index in [-0.39, 0.29) is 11.3 Å². The van der Waals surface area contributed by atoms with Crippen molar-refractivity contribution in [2.45, 2.75) is 0 Å². The van der Waals surface area contributed by atoms with E-state index in [1.54, 1.807) is 6.08 Å². The van der Waals surface area contributed by atoms with Crippen LogP contribution in [-0.4, -0.2) is 11.3 Å². The Morgan fingerprint density at radius 1 is 0.824 bits per heavy atom. The average Bonchev–Trinajstić information content (AvgIpc) is 2.38. The van der Waals surface area contributed by atoms with Crippen molar-refractivity contribution in [1.82, 2.24) is 0 Å². The fraction of sp³-hybridized carbons (Fsp3) is 0. The number of benzene rings is 2. The maximum Gasteiger partial charge on any atom is 0.185 e. The minimum absolute atomic E-state index is 0. The Kier molecular flexibility index (Phi) is 4.85. The molecule has 0 aliphatic carbocycles. The summed E-state index contributed by atoms with van der Waals surface area (Å²) in [6, 6.07) is 19.1. The molecule has 0 bridgehead atoms. The molecular formula is C15H14O2. The third-order valence-electron chi connectivity index (χ3n) is 2.29. The molecule has 0 atom stereocenters. The van der Waals surface area contributed by atoms with Crippen molar-refractivity contribution >= 4 is 11.9 Å². The van der Waals surface area contributed by atoms with Crippen LogP contribution in [0.3, 0.4) is 0 Å². The average molecular weight is 226 g/mol. The van der Waals surface area contributed by atoms with Crippen LogP contribution in [0.1, 0.15) is 15.9 Å². The van der Waals surface area contributed by atoms with Crippen LogP contribution in [0, 0.1) is 0 Å². The van der Waals surface area contributed by atoms with Crippen molar-refractivity contribution in [1.29, 1.82) is 0 Å². The van der Waals surface area contributed by atoms with Gasteiger partial charge in [0.1, 0.15) is 0 Å². The van der Waals surface area contributed by atoms with Gasteiger partial charge in [-0.15, -0.1) is 0 Å². The largest absolute Gasteiger partial charge is 0.412 e. The van der Waals surface area contributed by atoms with Gasteiger partial charge in [0.15, 0.2) is 5.78 Å². The van der Waals surface area contributed by atoms with Gasteiger partial charge in [-0.3, -0.25) is 4.79 Å². The molecular weight excluding hydrogens is 212 g/mol. The Hall–Kier alpha value is -2.19. The summed E-state index contributed by atoms with van der Waals surface area (Å²) in [7, 11) is 0. The van der Waals surface area contributed by atoms with Gasteiger partial charge >= 0.3 is 0 Å². The summed E-state index contributed by atoms with van der Waals surface area (Å²) in [5.41, 5.74) is 1.75. The summed E-state index contributed by atoms with van der Waals surface area (Å²) in [5.74, 6) is 0.0319. The maximum absolute atomic E-state index is 11.7. The predicted molar refractivity (Wildman–Crippen MR) is 69.9 cm³/mol. The summed E-state index contributed by atoms with van der Waals surface area (Å²) in [5, 5.41) is 0. The van der Waals surface area contributed by atoms with Crippen LogP contribution in [0.2, 0.25) is 0 Å². The van der Waals surface area contributed by atoms with E-state index in [1.165, 1.54) is 0 Å². The van der Waals surface area contributed by atoms with E-state index >= 15 is 0 Å². The highest BCUT2D eigenvalue weighted by Gasteiger charge is 1.98. The number of carbonyl (C=O) groups excluding carboxylic acids is 1. The highest BCUT2D eigenvalue weighted by atomic mass is 16.1. The second-order valence-corrected chi connectivity index (χ2v) is 3.47. The normalized spacial score (nSPS) is 9.88. The van der Waals surface area contributed by atoms with E-state index in [2.05, 4.69) is 0 Å². The van der Waals surface area contributed by atoms with Gasteiger partial charge in [-0.2, -0.15) is 0 Å². The zero-order chi connectivity index (χ0) is 11.2. The minimum Gasteiger partial charge on any atom is -0.412 e. The molecule has 0 aliphatic heterocycles. The molecule has 0 radical (unpaired) electrons. The number of allylic oxidation sites excluding steroid dienone is 1. The van der Waals surface area contributed by atoms with Crippen LogP contribution in [0.5, 0.6) is 0 Å². The van der Waals surface area contributed by atoms with E-state index in [4.69, 9.17) is 0 Å². The topological polar surface area (TPSA) is 48.6 Å². The predicted octanol–water partition coefficient (Wildman–Crippen LogP) is 2.76. The van der Waals surface area contributed by atoms with E-state index in [0.29, 0.717) is 0 Å². The summed E-state index contributed by atoms with van der Waals surface area (Å²) in [6.45, 7) is 0. The Balaban J connectivity index is 0.00000144. The molecule has 0 saturated carbocycles. The highest BCUT2D eigenvalue weighted by molar-refractivity contribution is 6.06. The number of ketones is 1. The first kappa shape index (κ1) is 12.9. The third-order valence-corrected chi connectivity index (χ3v) is 2.29. The smallest absolute Gasteiger partial charge is 0.185 e. The van der Waals surface area contributed by atoms with Crippen molar-refractivity contribution < 1.29 is 10.3 Å². The number of rotatable bonds is 3. The Morgan fingerprint density at radius 2 is 1.35 bits per heavy atom. The molecule has 0 amide bonds. The fourth-order valence-electron chi connectivity index (χ4n) is 1.43. The van der Waals surface area contributed by atoms with E-state index in [9.17, 15) is 4.79 Å². The molecule has 0 unspecified atom stereocenters. The lowest BCUT2D eigenvalue weighted by Crippen LogP contribution is -1.92. The van der Waals surface area contributed by atoms with Gasteiger partial charge in [0.25, 0.3) is 0 Å². The zero-order valence-electron chi connectivity index (χ0n) is 9.34. The monoisotopic (exact) mass is 226 g/mol. The lowest BCUT2D eigenvalue weighted by molar-refractivity contribution is 0.104. The van der Waals surface area contributed by atoms with Crippen LogP contribution >= 0.6 is 0 Å². The molecule has 0 aliphatic rings. The lowest BCUT2D eigenvalue weighted by atomic mass is 10.1. The van der Waals surface area contributed by atoms with Gasteiger partial charge in [0.05, 0.1) is 0 Å². The molecule has 0 heterocycles. The molecule has 17 heavy (non-hydrogen) atoms. The summed E-state index contributed by atoms with van der Waals surface area (Å²) in [4.78, 5) is 11.7. The molecule has 2 N–H and O–H groups in total. The molecule has 2 rings (SSSR count). The van der Waals surface area contributed by atoms with Gasteiger partial charge in [-0.05, 0) is 11.6 Å². The molecule has 86 valence electrons. The van der Waals surface area contributed by atoms with Crippen molar-refractivity contribution in [3.63, 3.8) is 0 Å². The van der Waals surface area contributed by atoms with Crippen molar-refractivity contribution in [2.24, 2.45) is 0 Å². The number of hydrogen-bond acceptors (Lipinski definition) is 1. The van der Waals surface area contributed by atoms with E-state index < -0.39 is 0 Å². The molecule has 0 spiro atoms. The van der Waals surface area contributed by atoms with Crippen molar-refractivity contribution in [3.05, 3.63) is 77.9 Å². The Morgan fingerprint density at radius 3 is 1.94 bits per heavy atom. The zero-order valence-corrected chi connectivity index (χ0v) is 9.34. The van der Waals surface area contributed by atoms with Crippen LogP contribution in [0.4, 0.5) is 0 Å². The van der Waals surface area contributed by atoms with Gasteiger partial charge in [0.2, 0.25) is 0 Å². The Bertz CT molecular complexity index is 487. The molecule has 2 aromatic carbocycles. The second kappa shape index (κ2) is 6.40. The molecule has 0 fully saturated rings.